The first kappa shape index (κ1) is 12.2. The summed E-state index contributed by atoms with van der Waals surface area (Å²) in [7, 11) is 0. The maximum atomic E-state index is 5.81. The highest BCUT2D eigenvalue weighted by Gasteiger charge is 2.21. The van der Waals surface area contributed by atoms with Gasteiger partial charge < -0.3 is 4.90 Å². The summed E-state index contributed by atoms with van der Waals surface area (Å²) >= 11 is 7.55. The second-order valence-electron chi connectivity index (χ2n) is 4.36. The van der Waals surface area contributed by atoms with Crippen LogP contribution in [0.15, 0.2) is 5.38 Å². The minimum absolute atomic E-state index is 0.529. The molecule has 0 N–H and O–H groups in total. The fourth-order valence-electron chi connectivity index (χ4n) is 2.34. The zero-order valence-electron chi connectivity index (χ0n) is 9.79. The third-order valence-corrected chi connectivity index (χ3v) is 4.47. The molecule has 0 bridgehead atoms. The normalized spacial score (nSPS) is 22.1. The number of alkyl halides is 1. The molecule has 16 heavy (non-hydrogen) atoms. The highest BCUT2D eigenvalue weighted by atomic mass is 35.5. The van der Waals surface area contributed by atoms with Crippen LogP contribution in [0.3, 0.4) is 0 Å². The second kappa shape index (κ2) is 5.87. The Morgan fingerprint density at radius 2 is 2.38 bits per heavy atom. The Kier molecular flexibility index (Phi) is 4.47. The number of halogens is 1. The number of thiazole rings is 1. The summed E-state index contributed by atoms with van der Waals surface area (Å²) in [6, 6.07) is 0.678. The van der Waals surface area contributed by atoms with Gasteiger partial charge in [0, 0.05) is 18.0 Å². The van der Waals surface area contributed by atoms with E-state index in [1.165, 1.54) is 37.2 Å². The van der Waals surface area contributed by atoms with E-state index in [-0.39, 0.29) is 0 Å². The average Bonchev–Trinajstić information content (AvgIpc) is 2.66. The first-order valence-electron chi connectivity index (χ1n) is 6.12. The van der Waals surface area contributed by atoms with Crippen molar-refractivity contribution in [1.29, 1.82) is 0 Å². The van der Waals surface area contributed by atoms with Gasteiger partial charge >= 0.3 is 0 Å². The van der Waals surface area contributed by atoms with E-state index in [1.807, 2.05) is 0 Å². The van der Waals surface area contributed by atoms with E-state index >= 15 is 0 Å². The number of aromatic nitrogens is 1. The van der Waals surface area contributed by atoms with Crippen molar-refractivity contribution in [3.63, 3.8) is 0 Å². The van der Waals surface area contributed by atoms with E-state index in [9.17, 15) is 0 Å². The van der Waals surface area contributed by atoms with Crippen molar-refractivity contribution in [2.24, 2.45) is 0 Å². The van der Waals surface area contributed by atoms with Gasteiger partial charge in [-0.05, 0) is 19.3 Å². The zero-order chi connectivity index (χ0) is 11.4. The highest BCUT2D eigenvalue weighted by molar-refractivity contribution is 7.13. The standard InChI is InChI=1S/C12H19ClN2S/c1-2-11-6-4-3-5-7-15(11)12-14-10(8-13)9-16-12/h9,11H,2-8H2,1H3. The Morgan fingerprint density at radius 3 is 3.06 bits per heavy atom. The van der Waals surface area contributed by atoms with Crippen molar-refractivity contribution in [3.8, 4) is 0 Å². The molecule has 0 aromatic carbocycles. The quantitative estimate of drug-likeness (QED) is 0.761. The van der Waals surface area contributed by atoms with E-state index < -0.39 is 0 Å². The maximum Gasteiger partial charge on any atom is 0.185 e. The molecule has 0 amide bonds. The van der Waals surface area contributed by atoms with Crippen molar-refractivity contribution >= 4 is 28.1 Å². The topological polar surface area (TPSA) is 16.1 Å². The predicted molar refractivity (Wildman–Crippen MR) is 71.6 cm³/mol. The van der Waals surface area contributed by atoms with Crippen LogP contribution in [0, 0.1) is 0 Å². The molecule has 0 aliphatic carbocycles. The third kappa shape index (κ3) is 2.69. The molecule has 2 heterocycles. The Morgan fingerprint density at radius 1 is 1.50 bits per heavy atom. The van der Waals surface area contributed by atoms with Gasteiger partial charge in [0.25, 0.3) is 0 Å². The van der Waals surface area contributed by atoms with E-state index in [1.54, 1.807) is 11.3 Å². The van der Waals surface area contributed by atoms with Gasteiger partial charge in [-0.3, -0.25) is 0 Å². The van der Waals surface area contributed by atoms with Gasteiger partial charge in [-0.2, -0.15) is 0 Å². The van der Waals surface area contributed by atoms with Gasteiger partial charge in [-0.25, -0.2) is 4.98 Å². The first-order valence-corrected chi connectivity index (χ1v) is 7.53. The maximum absolute atomic E-state index is 5.81. The van der Waals surface area contributed by atoms with Crippen LogP contribution >= 0.6 is 22.9 Å². The summed E-state index contributed by atoms with van der Waals surface area (Å²) in [6.45, 7) is 3.44. The summed E-state index contributed by atoms with van der Waals surface area (Å²) < 4.78 is 0. The van der Waals surface area contributed by atoms with Crippen LogP contribution in [0.2, 0.25) is 0 Å². The minimum atomic E-state index is 0.529. The molecule has 1 aromatic heterocycles. The molecule has 0 spiro atoms. The number of hydrogen-bond acceptors (Lipinski definition) is 3. The fourth-order valence-corrected chi connectivity index (χ4v) is 3.49. The van der Waals surface area contributed by atoms with Crippen LogP contribution in [-0.4, -0.2) is 17.6 Å². The summed E-state index contributed by atoms with van der Waals surface area (Å²) in [4.78, 5) is 7.10. The molecular formula is C12H19ClN2S. The van der Waals surface area contributed by atoms with Gasteiger partial charge in [0.2, 0.25) is 0 Å². The van der Waals surface area contributed by atoms with Crippen LogP contribution in [0.25, 0.3) is 0 Å². The van der Waals surface area contributed by atoms with E-state index in [2.05, 4.69) is 22.2 Å². The molecule has 1 saturated heterocycles. The van der Waals surface area contributed by atoms with E-state index in [0.717, 1.165) is 12.2 Å². The molecule has 1 atom stereocenters. The zero-order valence-corrected chi connectivity index (χ0v) is 11.4. The van der Waals surface area contributed by atoms with Crippen molar-refractivity contribution in [1.82, 2.24) is 4.98 Å². The fraction of sp³-hybridized carbons (Fsp3) is 0.750. The lowest BCUT2D eigenvalue weighted by Crippen LogP contribution is -2.34. The Balaban J connectivity index is 2.14. The lowest BCUT2D eigenvalue weighted by molar-refractivity contribution is 0.555. The van der Waals surface area contributed by atoms with Crippen LogP contribution in [0.4, 0.5) is 5.13 Å². The molecule has 1 aliphatic heterocycles. The van der Waals surface area contributed by atoms with Gasteiger partial charge in [0.1, 0.15) is 0 Å². The number of anilines is 1. The average molecular weight is 259 g/mol. The molecule has 0 saturated carbocycles. The summed E-state index contributed by atoms with van der Waals surface area (Å²) in [6.07, 6.45) is 6.55. The molecule has 2 rings (SSSR count). The predicted octanol–water partition coefficient (Wildman–Crippen LogP) is 4.04. The van der Waals surface area contributed by atoms with Crippen LogP contribution in [0.5, 0.6) is 0 Å². The van der Waals surface area contributed by atoms with Crippen LogP contribution < -0.4 is 4.90 Å². The van der Waals surface area contributed by atoms with Gasteiger partial charge in [0.05, 0.1) is 11.6 Å². The van der Waals surface area contributed by atoms with Gasteiger partial charge in [-0.15, -0.1) is 22.9 Å². The lowest BCUT2D eigenvalue weighted by atomic mass is 10.1. The molecular weight excluding hydrogens is 240 g/mol. The van der Waals surface area contributed by atoms with Crippen molar-refractivity contribution in [2.45, 2.75) is 50.9 Å². The molecule has 1 aromatic rings. The first-order chi connectivity index (χ1) is 7.85. The largest absolute Gasteiger partial charge is 0.345 e. The molecule has 4 heteroatoms. The van der Waals surface area contributed by atoms with Crippen molar-refractivity contribution in [2.75, 3.05) is 11.4 Å². The van der Waals surface area contributed by atoms with E-state index in [0.29, 0.717) is 11.9 Å². The third-order valence-electron chi connectivity index (χ3n) is 3.27. The number of hydrogen-bond donors (Lipinski definition) is 0. The molecule has 1 fully saturated rings. The Hall–Kier alpha value is -0.280. The van der Waals surface area contributed by atoms with E-state index in [4.69, 9.17) is 11.6 Å². The van der Waals surface area contributed by atoms with Crippen LogP contribution in [0.1, 0.15) is 44.7 Å². The van der Waals surface area contributed by atoms with Gasteiger partial charge in [-0.1, -0.05) is 19.8 Å². The number of rotatable bonds is 3. The molecule has 1 aliphatic rings. The summed E-state index contributed by atoms with van der Waals surface area (Å²) in [5.74, 6) is 0.529. The van der Waals surface area contributed by atoms with Crippen molar-refractivity contribution in [3.05, 3.63) is 11.1 Å². The van der Waals surface area contributed by atoms with Gasteiger partial charge in [0.15, 0.2) is 5.13 Å². The molecule has 2 nitrogen and oxygen atoms in total. The summed E-state index contributed by atoms with van der Waals surface area (Å²) in [5.41, 5.74) is 1.01. The minimum Gasteiger partial charge on any atom is -0.345 e. The van der Waals surface area contributed by atoms with Crippen molar-refractivity contribution < 1.29 is 0 Å². The Bertz CT molecular complexity index is 327. The number of nitrogens with zero attached hydrogens (tertiary/aromatic N) is 2. The second-order valence-corrected chi connectivity index (χ2v) is 5.46. The molecule has 0 radical (unpaired) electrons. The smallest absolute Gasteiger partial charge is 0.185 e. The summed E-state index contributed by atoms with van der Waals surface area (Å²) in [5, 5.41) is 3.25. The molecule has 90 valence electrons. The van der Waals surface area contributed by atoms with Crippen LogP contribution in [-0.2, 0) is 5.88 Å². The SMILES string of the molecule is CCC1CCCCCN1c1nc(CCl)cs1. The lowest BCUT2D eigenvalue weighted by Gasteiger charge is -2.28. The highest BCUT2D eigenvalue weighted by Crippen LogP contribution is 2.28. The Labute approximate surface area is 107 Å². The monoisotopic (exact) mass is 258 g/mol. The molecule has 1 unspecified atom stereocenters.